The van der Waals surface area contributed by atoms with Gasteiger partial charge in [-0.15, -0.1) is 0 Å². The second-order valence-corrected chi connectivity index (χ2v) is 7.01. The molecule has 1 aromatic heterocycles. The van der Waals surface area contributed by atoms with Gasteiger partial charge in [0.1, 0.15) is 6.61 Å². The Morgan fingerprint density at radius 2 is 1.73 bits per heavy atom. The topological polar surface area (TPSA) is 52.6 Å². The third-order valence-corrected chi connectivity index (χ3v) is 4.76. The summed E-state index contributed by atoms with van der Waals surface area (Å²) in [7, 11) is 0. The second-order valence-electron chi connectivity index (χ2n) is 6.60. The summed E-state index contributed by atoms with van der Waals surface area (Å²) in [6, 6.07) is 19.3. The van der Waals surface area contributed by atoms with Crippen LogP contribution in [0.4, 0.5) is 0 Å². The van der Waals surface area contributed by atoms with Gasteiger partial charge in [-0.2, -0.15) is 0 Å². The number of hydrogen-bond acceptors (Lipinski definition) is 5. The minimum absolute atomic E-state index is 0.384. The van der Waals surface area contributed by atoms with E-state index in [0.29, 0.717) is 37.3 Å². The zero-order valence-electron chi connectivity index (χ0n) is 17.1. The molecule has 1 heterocycles. The lowest BCUT2D eigenvalue weighted by Crippen LogP contribution is -2.18. The van der Waals surface area contributed by atoms with Crippen LogP contribution in [0.25, 0.3) is 0 Å². The Hall–Kier alpha value is -2.76. The molecule has 3 aromatic rings. The lowest BCUT2D eigenvalue weighted by molar-refractivity contribution is 0.265. The molecule has 0 radical (unpaired) electrons. The molecule has 0 spiro atoms. The van der Waals surface area contributed by atoms with E-state index in [4.69, 9.17) is 25.8 Å². The van der Waals surface area contributed by atoms with E-state index < -0.39 is 0 Å². The van der Waals surface area contributed by atoms with E-state index in [2.05, 4.69) is 10.3 Å². The first-order valence-corrected chi connectivity index (χ1v) is 10.5. The number of rotatable bonds is 12. The van der Waals surface area contributed by atoms with Crippen molar-refractivity contribution < 1.29 is 14.2 Å². The van der Waals surface area contributed by atoms with Crippen molar-refractivity contribution in [3.05, 3.63) is 83.0 Å². The van der Waals surface area contributed by atoms with Gasteiger partial charge in [-0.25, -0.2) is 4.98 Å². The molecule has 3 rings (SSSR count). The van der Waals surface area contributed by atoms with Gasteiger partial charge in [0, 0.05) is 35.0 Å². The summed E-state index contributed by atoms with van der Waals surface area (Å²) in [4.78, 5) is 4.15. The molecule has 5 nitrogen and oxygen atoms in total. The van der Waals surface area contributed by atoms with Crippen molar-refractivity contribution in [1.29, 1.82) is 0 Å². The van der Waals surface area contributed by atoms with Crippen LogP contribution in [0.5, 0.6) is 17.4 Å². The second kappa shape index (κ2) is 12.1. The molecule has 6 heteroatoms. The molecule has 0 fully saturated rings. The molecule has 0 aliphatic heterocycles. The fourth-order valence-corrected chi connectivity index (χ4v) is 3.12. The zero-order valence-corrected chi connectivity index (χ0v) is 17.9. The average molecular weight is 427 g/mol. The Kier molecular flexibility index (Phi) is 8.81. The van der Waals surface area contributed by atoms with Crippen LogP contribution in [-0.2, 0) is 13.2 Å². The normalized spacial score (nSPS) is 10.6. The molecule has 0 aliphatic carbocycles. The standard InChI is InChI=1S/C24H27ClN2O3/c1-2-28-22-12-7-10-19(24(22)30-18-20-9-3-4-11-21(20)25)17-26-14-8-16-29-23-13-5-6-15-27-23/h3-7,9-13,15,26H,2,8,14,16-18H2,1H3. The molecule has 0 atom stereocenters. The third kappa shape index (κ3) is 6.65. The number of nitrogens with zero attached hydrogens (tertiary/aromatic N) is 1. The van der Waals surface area contributed by atoms with Crippen molar-refractivity contribution >= 4 is 11.6 Å². The monoisotopic (exact) mass is 426 g/mol. The van der Waals surface area contributed by atoms with Crippen LogP contribution >= 0.6 is 11.6 Å². The van der Waals surface area contributed by atoms with Crippen LogP contribution in [0.1, 0.15) is 24.5 Å². The number of hydrogen-bond donors (Lipinski definition) is 1. The average Bonchev–Trinajstić information content (AvgIpc) is 2.77. The molecular formula is C24H27ClN2O3. The highest BCUT2D eigenvalue weighted by molar-refractivity contribution is 6.31. The van der Waals surface area contributed by atoms with Crippen molar-refractivity contribution in [3.63, 3.8) is 0 Å². The fourth-order valence-electron chi connectivity index (χ4n) is 2.93. The number of halogens is 1. The Morgan fingerprint density at radius 3 is 2.53 bits per heavy atom. The summed E-state index contributed by atoms with van der Waals surface area (Å²) in [6.07, 6.45) is 2.60. The summed E-state index contributed by atoms with van der Waals surface area (Å²) in [6.45, 7) is 5.01. The molecule has 30 heavy (non-hydrogen) atoms. The Bertz CT molecular complexity index is 906. The minimum atomic E-state index is 0.384. The molecule has 0 saturated carbocycles. The summed E-state index contributed by atoms with van der Waals surface area (Å²) in [5, 5.41) is 4.14. The Morgan fingerprint density at radius 1 is 0.900 bits per heavy atom. The molecular weight excluding hydrogens is 400 g/mol. The largest absolute Gasteiger partial charge is 0.490 e. The van der Waals surface area contributed by atoms with Gasteiger partial charge in [0.05, 0.1) is 13.2 Å². The highest BCUT2D eigenvalue weighted by Gasteiger charge is 2.12. The van der Waals surface area contributed by atoms with Crippen LogP contribution in [-0.4, -0.2) is 24.7 Å². The maximum atomic E-state index is 6.27. The summed E-state index contributed by atoms with van der Waals surface area (Å²) < 4.78 is 17.5. The maximum Gasteiger partial charge on any atom is 0.213 e. The molecule has 0 bridgehead atoms. The lowest BCUT2D eigenvalue weighted by Gasteiger charge is -2.17. The molecule has 0 amide bonds. The van der Waals surface area contributed by atoms with Crippen LogP contribution < -0.4 is 19.5 Å². The first-order chi connectivity index (χ1) is 14.8. The number of benzene rings is 2. The predicted molar refractivity (Wildman–Crippen MR) is 119 cm³/mol. The van der Waals surface area contributed by atoms with Gasteiger partial charge in [0.2, 0.25) is 5.88 Å². The third-order valence-electron chi connectivity index (χ3n) is 4.39. The number of nitrogens with one attached hydrogen (secondary N) is 1. The number of aromatic nitrogens is 1. The Balaban J connectivity index is 1.54. The molecule has 1 N–H and O–H groups in total. The van der Waals surface area contributed by atoms with Crippen molar-refractivity contribution in [2.24, 2.45) is 0 Å². The first kappa shape index (κ1) is 21.9. The van der Waals surface area contributed by atoms with Crippen LogP contribution in [0.3, 0.4) is 0 Å². The zero-order chi connectivity index (χ0) is 21.0. The Labute approximate surface area is 183 Å². The number of ether oxygens (including phenoxy) is 3. The maximum absolute atomic E-state index is 6.27. The molecule has 158 valence electrons. The van der Waals surface area contributed by atoms with E-state index in [-0.39, 0.29) is 0 Å². The molecule has 0 aliphatic rings. The van der Waals surface area contributed by atoms with Gasteiger partial charge in [0.25, 0.3) is 0 Å². The molecule has 0 saturated heterocycles. The highest BCUT2D eigenvalue weighted by Crippen LogP contribution is 2.32. The van der Waals surface area contributed by atoms with E-state index in [1.807, 2.05) is 67.6 Å². The smallest absolute Gasteiger partial charge is 0.213 e. The van der Waals surface area contributed by atoms with Crippen LogP contribution in [0.2, 0.25) is 5.02 Å². The highest BCUT2D eigenvalue weighted by atomic mass is 35.5. The van der Waals surface area contributed by atoms with E-state index in [1.54, 1.807) is 6.20 Å². The number of para-hydroxylation sites is 1. The lowest BCUT2D eigenvalue weighted by atomic mass is 10.1. The summed E-state index contributed by atoms with van der Waals surface area (Å²) in [5.41, 5.74) is 1.98. The van der Waals surface area contributed by atoms with Gasteiger partial charge < -0.3 is 19.5 Å². The first-order valence-electron chi connectivity index (χ1n) is 10.1. The van der Waals surface area contributed by atoms with Crippen LogP contribution in [0.15, 0.2) is 66.9 Å². The van der Waals surface area contributed by atoms with E-state index in [9.17, 15) is 0 Å². The van der Waals surface area contributed by atoms with Gasteiger partial charge in [0.15, 0.2) is 11.5 Å². The van der Waals surface area contributed by atoms with Gasteiger partial charge in [-0.3, -0.25) is 0 Å². The molecule has 2 aromatic carbocycles. The van der Waals surface area contributed by atoms with E-state index in [0.717, 1.165) is 35.6 Å². The summed E-state index contributed by atoms with van der Waals surface area (Å²) in [5.74, 6) is 2.14. The van der Waals surface area contributed by atoms with Gasteiger partial charge >= 0.3 is 0 Å². The van der Waals surface area contributed by atoms with E-state index in [1.165, 1.54) is 0 Å². The van der Waals surface area contributed by atoms with Gasteiger partial charge in [-0.1, -0.05) is 48.0 Å². The van der Waals surface area contributed by atoms with Crippen LogP contribution in [0, 0.1) is 0 Å². The van der Waals surface area contributed by atoms with Crippen molar-refractivity contribution in [1.82, 2.24) is 10.3 Å². The fraction of sp³-hybridized carbons (Fsp3) is 0.292. The van der Waals surface area contributed by atoms with Gasteiger partial charge in [-0.05, 0) is 38.1 Å². The van der Waals surface area contributed by atoms with Crippen molar-refractivity contribution in [2.45, 2.75) is 26.5 Å². The minimum Gasteiger partial charge on any atom is -0.490 e. The number of pyridine rings is 1. The van der Waals surface area contributed by atoms with E-state index >= 15 is 0 Å². The summed E-state index contributed by atoms with van der Waals surface area (Å²) >= 11 is 6.27. The SMILES string of the molecule is CCOc1cccc(CNCCCOc2ccccn2)c1OCc1ccccc1Cl. The molecule has 0 unspecified atom stereocenters. The van der Waals surface area contributed by atoms with Crippen molar-refractivity contribution in [2.75, 3.05) is 19.8 Å². The van der Waals surface area contributed by atoms with Crippen molar-refractivity contribution in [3.8, 4) is 17.4 Å². The quantitative estimate of drug-likeness (QED) is 0.400. The predicted octanol–water partition coefficient (Wildman–Crippen LogP) is 5.27.